The van der Waals surface area contributed by atoms with Gasteiger partial charge in [-0.25, -0.2) is 0 Å². The summed E-state index contributed by atoms with van der Waals surface area (Å²) in [5.74, 6) is -0.702. The maximum atomic E-state index is 13.5. The van der Waals surface area contributed by atoms with Crippen LogP contribution in [0, 0.1) is 17.8 Å². The number of hydrogen-bond donors (Lipinski definition) is 1. The van der Waals surface area contributed by atoms with Crippen LogP contribution in [0.3, 0.4) is 0 Å². The molecule has 0 aromatic carbocycles. The Hall–Kier alpha value is -2.15. The van der Waals surface area contributed by atoms with Gasteiger partial charge >= 0.3 is 0 Å². The van der Waals surface area contributed by atoms with Crippen molar-refractivity contribution in [3.63, 3.8) is 0 Å². The van der Waals surface area contributed by atoms with Crippen LogP contribution in [0.1, 0.15) is 37.4 Å². The molecule has 27 heavy (non-hydrogen) atoms. The summed E-state index contributed by atoms with van der Waals surface area (Å²) in [5.41, 5.74) is 0.689. The highest BCUT2D eigenvalue weighted by atomic mass is 16.3. The fourth-order valence-corrected chi connectivity index (χ4v) is 5.31. The molecule has 1 saturated heterocycles. The van der Waals surface area contributed by atoms with Gasteiger partial charge in [-0.1, -0.05) is 18.9 Å². The third kappa shape index (κ3) is 2.71. The van der Waals surface area contributed by atoms with Gasteiger partial charge in [-0.05, 0) is 18.9 Å². The lowest BCUT2D eigenvalue weighted by atomic mass is 9.88. The van der Waals surface area contributed by atoms with Crippen molar-refractivity contribution >= 4 is 11.8 Å². The van der Waals surface area contributed by atoms with Crippen LogP contribution >= 0.6 is 0 Å². The summed E-state index contributed by atoms with van der Waals surface area (Å²) in [6.45, 7) is 0.263. The molecule has 1 aromatic rings. The van der Waals surface area contributed by atoms with Crippen LogP contribution in [-0.2, 0) is 16.1 Å². The van der Waals surface area contributed by atoms with Gasteiger partial charge in [0.15, 0.2) is 0 Å². The molecule has 0 unspecified atom stereocenters. The van der Waals surface area contributed by atoms with Gasteiger partial charge in [0.25, 0.3) is 5.56 Å². The number of fused-ring (bicyclic) bond motifs is 3. The minimum atomic E-state index is -0.669. The summed E-state index contributed by atoms with van der Waals surface area (Å²) in [7, 11) is 3.36. The summed E-state index contributed by atoms with van der Waals surface area (Å²) in [4.78, 5) is 42.0. The number of hydrogen-bond acceptors (Lipinski definition) is 4. The van der Waals surface area contributed by atoms with E-state index in [-0.39, 0.29) is 47.8 Å². The Labute approximate surface area is 158 Å². The molecule has 1 saturated carbocycles. The molecule has 0 radical (unpaired) electrons. The molecule has 1 N–H and O–H groups in total. The third-order valence-corrected chi connectivity index (χ3v) is 6.60. The fourth-order valence-electron chi connectivity index (χ4n) is 5.31. The summed E-state index contributed by atoms with van der Waals surface area (Å²) in [5, 5.41) is 10.1. The first-order chi connectivity index (χ1) is 13.0. The lowest BCUT2D eigenvalue weighted by Crippen LogP contribution is -2.51. The van der Waals surface area contributed by atoms with Gasteiger partial charge < -0.3 is 19.5 Å². The summed E-state index contributed by atoms with van der Waals surface area (Å²) < 4.78 is 1.70. The maximum absolute atomic E-state index is 13.5. The van der Waals surface area contributed by atoms with E-state index in [2.05, 4.69) is 0 Å². The zero-order chi connectivity index (χ0) is 19.3. The van der Waals surface area contributed by atoms with Crippen molar-refractivity contribution in [3.8, 4) is 0 Å². The van der Waals surface area contributed by atoms with E-state index >= 15 is 0 Å². The van der Waals surface area contributed by atoms with Crippen molar-refractivity contribution in [1.82, 2.24) is 14.4 Å². The van der Waals surface area contributed by atoms with Crippen LogP contribution in [0.4, 0.5) is 0 Å². The van der Waals surface area contributed by atoms with E-state index in [4.69, 9.17) is 0 Å². The Morgan fingerprint density at radius 2 is 1.93 bits per heavy atom. The average molecular weight is 373 g/mol. The predicted octanol–water partition coefficient (Wildman–Crippen LogP) is 0.617. The van der Waals surface area contributed by atoms with Crippen LogP contribution in [0.25, 0.3) is 0 Å². The minimum Gasteiger partial charge on any atom is -0.396 e. The first-order valence-corrected chi connectivity index (χ1v) is 9.79. The number of aliphatic hydroxyl groups is 1. The molecule has 1 aromatic heterocycles. The number of carbonyl (C=O) groups excluding carboxylic acids is 2. The van der Waals surface area contributed by atoms with Gasteiger partial charge in [0.05, 0.1) is 6.04 Å². The highest BCUT2D eigenvalue weighted by Gasteiger charge is 2.58. The number of carbonyl (C=O) groups is 2. The summed E-state index contributed by atoms with van der Waals surface area (Å²) in [6, 6.07) is 4.11. The zero-order valence-electron chi connectivity index (χ0n) is 15.9. The molecule has 2 amide bonds. The molecule has 0 spiro atoms. The Morgan fingerprint density at radius 3 is 2.56 bits per heavy atom. The van der Waals surface area contributed by atoms with Gasteiger partial charge in [-0.3, -0.25) is 14.4 Å². The molecular weight excluding hydrogens is 346 g/mol. The summed E-state index contributed by atoms with van der Waals surface area (Å²) >= 11 is 0. The fraction of sp³-hybridized carbons (Fsp3) is 0.650. The Bertz CT molecular complexity index is 812. The first kappa shape index (κ1) is 18.2. The van der Waals surface area contributed by atoms with Crippen LogP contribution in [0.5, 0.6) is 0 Å². The van der Waals surface area contributed by atoms with E-state index < -0.39 is 6.04 Å². The first-order valence-electron chi connectivity index (χ1n) is 9.79. The standard InChI is InChI=1S/C20H27N3O4/c1-21(2)20(27)18-14(11-24)13-10-22-15(8-5-9-16(22)25)17(13)23(18)19(26)12-6-3-4-7-12/h5,8-9,12-14,17-18,24H,3-4,6-7,10-11H2,1-2H3/t13-,14-,17+,18-/m1/s1. The maximum Gasteiger partial charge on any atom is 0.250 e. The number of likely N-dealkylation sites (tertiary alicyclic amines) is 1. The zero-order valence-corrected chi connectivity index (χ0v) is 15.9. The number of aliphatic hydroxyl groups excluding tert-OH is 1. The number of nitrogens with zero attached hydrogens (tertiary/aromatic N) is 3. The van der Waals surface area contributed by atoms with Gasteiger partial charge in [0, 0.05) is 56.8 Å². The molecule has 7 nitrogen and oxygen atoms in total. The lowest BCUT2D eigenvalue weighted by molar-refractivity contribution is -0.148. The van der Waals surface area contributed by atoms with E-state index in [1.165, 1.54) is 11.0 Å². The highest BCUT2D eigenvalue weighted by Crippen LogP contribution is 2.50. The average Bonchev–Trinajstić information content (AvgIpc) is 3.35. The Morgan fingerprint density at radius 1 is 1.22 bits per heavy atom. The van der Waals surface area contributed by atoms with Crippen molar-refractivity contribution in [3.05, 3.63) is 34.2 Å². The second kappa shape index (κ2) is 6.78. The molecule has 7 heteroatoms. The van der Waals surface area contributed by atoms with Crippen molar-refractivity contribution < 1.29 is 14.7 Å². The molecule has 2 fully saturated rings. The molecule has 2 aliphatic heterocycles. The van der Waals surface area contributed by atoms with Gasteiger partial charge in [0.1, 0.15) is 6.04 Å². The van der Waals surface area contributed by atoms with Crippen LogP contribution < -0.4 is 5.56 Å². The smallest absolute Gasteiger partial charge is 0.250 e. The van der Waals surface area contributed by atoms with Gasteiger partial charge in [-0.15, -0.1) is 0 Å². The summed E-state index contributed by atoms with van der Waals surface area (Å²) in [6.07, 6.45) is 3.76. The Balaban J connectivity index is 1.82. The third-order valence-electron chi connectivity index (χ3n) is 6.60. The van der Waals surface area contributed by atoms with Crippen molar-refractivity contribution in [2.75, 3.05) is 20.7 Å². The quantitative estimate of drug-likeness (QED) is 0.842. The number of likely N-dealkylation sites (N-methyl/N-ethyl adjacent to an activating group) is 1. The number of amides is 2. The lowest BCUT2D eigenvalue weighted by Gasteiger charge is -2.34. The van der Waals surface area contributed by atoms with E-state index in [0.29, 0.717) is 6.54 Å². The molecule has 3 aliphatic rings. The SMILES string of the molecule is CN(C)C(=O)[C@H]1[C@H](CO)[C@H]2Cn3c(cccc3=O)[C@H]2N1C(=O)C1CCCC1. The molecule has 146 valence electrons. The van der Waals surface area contributed by atoms with E-state index in [0.717, 1.165) is 31.4 Å². The normalized spacial score (nSPS) is 29.7. The van der Waals surface area contributed by atoms with E-state index in [9.17, 15) is 19.5 Å². The minimum absolute atomic E-state index is 0.00315. The van der Waals surface area contributed by atoms with Crippen molar-refractivity contribution in [2.45, 2.75) is 44.3 Å². The number of aromatic nitrogens is 1. The molecule has 1 aliphatic carbocycles. The molecular formula is C20H27N3O4. The number of rotatable bonds is 3. The molecule has 3 heterocycles. The highest BCUT2D eigenvalue weighted by molar-refractivity contribution is 5.90. The van der Waals surface area contributed by atoms with Crippen LogP contribution in [0.2, 0.25) is 0 Å². The van der Waals surface area contributed by atoms with Crippen LogP contribution in [0.15, 0.2) is 23.0 Å². The monoisotopic (exact) mass is 373 g/mol. The second-order valence-corrected chi connectivity index (χ2v) is 8.26. The van der Waals surface area contributed by atoms with E-state index in [1.54, 1.807) is 29.6 Å². The topological polar surface area (TPSA) is 82.8 Å². The van der Waals surface area contributed by atoms with E-state index in [1.807, 2.05) is 6.07 Å². The Kier molecular flexibility index (Phi) is 4.58. The number of pyridine rings is 1. The largest absolute Gasteiger partial charge is 0.396 e. The second-order valence-electron chi connectivity index (χ2n) is 8.26. The molecule has 4 rings (SSSR count). The van der Waals surface area contributed by atoms with Gasteiger partial charge in [-0.2, -0.15) is 0 Å². The predicted molar refractivity (Wildman–Crippen MR) is 98.8 cm³/mol. The van der Waals surface area contributed by atoms with Crippen molar-refractivity contribution in [2.24, 2.45) is 17.8 Å². The molecule has 4 atom stereocenters. The molecule has 0 bridgehead atoms. The van der Waals surface area contributed by atoms with Gasteiger partial charge in [0.2, 0.25) is 11.8 Å². The van der Waals surface area contributed by atoms with Crippen molar-refractivity contribution in [1.29, 1.82) is 0 Å². The van der Waals surface area contributed by atoms with Crippen LogP contribution in [-0.4, -0.2) is 58.0 Å².